The quantitative estimate of drug-likeness (QED) is 0.498. The summed E-state index contributed by atoms with van der Waals surface area (Å²) in [4.78, 5) is 32.1. The number of hydrogen-bond donors (Lipinski definition) is 0. The molecule has 4 rings (SSSR count). The van der Waals surface area contributed by atoms with Crippen LogP contribution in [0.15, 0.2) is 12.2 Å². The average molecular weight is 349 g/mol. The van der Waals surface area contributed by atoms with Gasteiger partial charge in [0.1, 0.15) is 5.60 Å². The molecule has 4 aliphatic heterocycles. The smallest absolute Gasteiger partial charge is 0.230 e. The molecule has 0 radical (unpaired) electrons. The van der Waals surface area contributed by atoms with Crippen molar-refractivity contribution < 1.29 is 19.1 Å². The van der Waals surface area contributed by atoms with Crippen molar-refractivity contribution in [2.75, 3.05) is 59.5 Å². The standard InChI is InChI=1S/C18H27N3O4/c1-3-24-11-10-21-12-18-5-4-13(25-18)14(15(18)17(21)23)16(22)20-8-6-19(2)7-9-20/h4-5,13-15H,3,6-12H2,1-2H3/t13-,14+,15-,18-/m0/s1. The molecule has 0 aromatic rings. The molecule has 0 aliphatic carbocycles. The van der Waals surface area contributed by atoms with Gasteiger partial charge < -0.3 is 24.2 Å². The highest BCUT2D eigenvalue weighted by atomic mass is 16.5. The first kappa shape index (κ1) is 17.0. The van der Waals surface area contributed by atoms with E-state index in [0.29, 0.717) is 26.3 Å². The van der Waals surface area contributed by atoms with Crippen molar-refractivity contribution in [2.24, 2.45) is 11.8 Å². The van der Waals surface area contributed by atoms with Gasteiger partial charge in [0.25, 0.3) is 0 Å². The van der Waals surface area contributed by atoms with Crippen LogP contribution in [0.3, 0.4) is 0 Å². The Morgan fingerprint density at radius 1 is 1.36 bits per heavy atom. The summed E-state index contributed by atoms with van der Waals surface area (Å²) in [5, 5.41) is 0. The highest BCUT2D eigenvalue weighted by molar-refractivity contribution is 5.93. The summed E-state index contributed by atoms with van der Waals surface area (Å²) >= 11 is 0. The van der Waals surface area contributed by atoms with Crippen LogP contribution in [0.1, 0.15) is 6.92 Å². The highest BCUT2D eigenvalue weighted by Crippen LogP contribution is 2.52. The second-order valence-corrected chi connectivity index (χ2v) is 7.49. The van der Waals surface area contributed by atoms with Crippen molar-refractivity contribution in [1.29, 1.82) is 0 Å². The summed E-state index contributed by atoms with van der Waals surface area (Å²) in [6.45, 7) is 7.40. The van der Waals surface area contributed by atoms with Gasteiger partial charge in [-0.3, -0.25) is 9.59 Å². The van der Waals surface area contributed by atoms with Gasteiger partial charge in [-0.15, -0.1) is 0 Å². The lowest BCUT2D eigenvalue weighted by Crippen LogP contribution is -2.52. The predicted octanol–water partition coefficient (Wildman–Crippen LogP) is -0.421. The summed E-state index contributed by atoms with van der Waals surface area (Å²) in [7, 11) is 2.07. The van der Waals surface area contributed by atoms with E-state index in [0.717, 1.165) is 26.2 Å². The summed E-state index contributed by atoms with van der Waals surface area (Å²) in [5.41, 5.74) is -0.610. The number of hydrogen-bond acceptors (Lipinski definition) is 5. The topological polar surface area (TPSA) is 62.3 Å². The van der Waals surface area contributed by atoms with Crippen LogP contribution in [0.2, 0.25) is 0 Å². The van der Waals surface area contributed by atoms with Gasteiger partial charge in [-0.1, -0.05) is 12.2 Å². The van der Waals surface area contributed by atoms with Crippen LogP contribution >= 0.6 is 0 Å². The molecule has 4 heterocycles. The third kappa shape index (κ3) is 2.69. The maximum absolute atomic E-state index is 13.1. The third-order valence-corrected chi connectivity index (χ3v) is 5.99. The Morgan fingerprint density at radius 3 is 2.84 bits per heavy atom. The number of fused-ring (bicyclic) bond motifs is 1. The van der Waals surface area contributed by atoms with Gasteiger partial charge in [-0.25, -0.2) is 0 Å². The Morgan fingerprint density at radius 2 is 2.12 bits per heavy atom. The molecule has 0 saturated carbocycles. The van der Waals surface area contributed by atoms with E-state index in [-0.39, 0.29) is 29.8 Å². The molecule has 4 atom stereocenters. The number of nitrogens with zero attached hydrogens (tertiary/aromatic N) is 3. The van der Waals surface area contributed by atoms with E-state index >= 15 is 0 Å². The number of ether oxygens (including phenoxy) is 2. The van der Waals surface area contributed by atoms with Gasteiger partial charge in [-0.2, -0.15) is 0 Å². The minimum Gasteiger partial charge on any atom is -0.380 e. The van der Waals surface area contributed by atoms with Crippen molar-refractivity contribution in [3.63, 3.8) is 0 Å². The largest absolute Gasteiger partial charge is 0.380 e. The average Bonchev–Trinajstić information content (AvgIpc) is 3.24. The van der Waals surface area contributed by atoms with E-state index in [4.69, 9.17) is 9.47 Å². The molecule has 7 heteroatoms. The van der Waals surface area contributed by atoms with Crippen LogP contribution in [0.25, 0.3) is 0 Å². The van der Waals surface area contributed by atoms with E-state index in [2.05, 4.69) is 11.9 Å². The maximum atomic E-state index is 13.1. The molecular formula is C18H27N3O4. The van der Waals surface area contributed by atoms with Crippen LogP contribution in [0.5, 0.6) is 0 Å². The Bertz CT molecular complexity index is 587. The van der Waals surface area contributed by atoms with E-state index < -0.39 is 5.60 Å². The zero-order chi connectivity index (χ0) is 17.6. The molecule has 2 bridgehead atoms. The van der Waals surface area contributed by atoms with E-state index in [1.807, 2.05) is 24.0 Å². The van der Waals surface area contributed by atoms with Gasteiger partial charge in [-0.05, 0) is 14.0 Å². The zero-order valence-corrected chi connectivity index (χ0v) is 15.0. The minimum absolute atomic E-state index is 0.0408. The van der Waals surface area contributed by atoms with E-state index in [9.17, 15) is 9.59 Å². The molecular weight excluding hydrogens is 322 g/mol. The summed E-state index contributed by atoms with van der Waals surface area (Å²) in [5.74, 6) is -0.636. The van der Waals surface area contributed by atoms with Crippen molar-refractivity contribution in [1.82, 2.24) is 14.7 Å². The first-order chi connectivity index (χ1) is 12.1. The van der Waals surface area contributed by atoms with Crippen molar-refractivity contribution in [2.45, 2.75) is 18.6 Å². The Balaban J connectivity index is 1.50. The molecule has 3 saturated heterocycles. The van der Waals surface area contributed by atoms with Gasteiger partial charge in [0.05, 0.1) is 31.1 Å². The van der Waals surface area contributed by atoms with Crippen LogP contribution in [-0.2, 0) is 19.1 Å². The molecule has 25 heavy (non-hydrogen) atoms. The van der Waals surface area contributed by atoms with Crippen molar-refractivity contribution >= 4 is 11.8 Å². The SMILES string of the molecule is CCOCCN1C[C@]23C=C[C@H](O2)[C@@H](C(=O)N2CCN(C)CC2)[C@H]3C1=O. The van der Waals surface area contributed by atoms with E-state index in [1.165, 1.54) is 0 Å². The van der Waals surface area contributed by atoms with Crippen molar-refractivity contribution in [3.8, 4) is 0 Å². The lowest BCUT2D eigenvalue weighted by Gasteiger charge is -2.35. The number of likely N-dealkylation sites (tertiary alicyclic amines) is 1. The third-order valence-electron chi connectivity index (χ3n) is 5.99. The molecule has 0 N–H and O–H groups in total. The molecule has 2 amide bonds. The van der Waals surface area contributed by atoms with Gasteiger partial charge in [0, 0.05) is 39.3 Å². The lowest BCUT2D eigenvalue weighted by molar-refractivity contribution is -0.144. The van der Waals surface area contributed by atoms with Crippen LogP contribution in [0, 0.1) is 11.8 Å². The second-order valence-electron chi connectivity index (χ2n) is 7.49. The predicted molar refractivity (Wildman–Crippen MR) is 90.9 cm³/mol. The molecule has 0 unspecified atom stereocenters. The minimum atomic E-state index is -0.610. The fraction of sp³-hybridized carbons (Fsp3) is 0.778. The van der Waals surface area contributed by atoms with Gasteiger partial charge >= 0.3 is 0 Å². The Kier molecular flexibility index (Phi) is 4.33. The van der Waals surface area contributed by atoms with Gasteiger partial charge in [0.15, 0.2) is 0 Å². The van der Waals surface area contributed by atoms with Crippen molar-refractivity contribution in [3.05, 3.63) is 12.2 Å². The molecule has 7 nitrogen and oxygen atoms in total. The van der Waals surface area contributed by atoms with E-state index in [1.54, 1.807) is 4.90 Å². The normalized spacial score (nSPS) is 37.2. The number of piperazine rings is 1. The lowest BCUT2D eigenvalue weighted by atomic mass is 9.76. The zero-order valence-electron chi connectivity index (χ0n) is 15.0. The Labute approximate surface area is 148 Å². The highest BCUT2D eigenvalue weighted by Gasteiger charge is 2.67. The molecule has 3 fully saturated rings. The fourth-order valence-corrected chi connectivity index (χ4v) is 4.61. The maximum Gasteiger partial charge on any atom is 0.230 e. The summed E-state index contributed by atoms with van der Waals surface area (Å²) in [6.07, 6.45) is 3.73. The molecule has 1 spiro atoms. The van der Waals surface area contributed by atoms with Crippen LogP contribution < -0.4 is 0 Å². The number of likely N-dealkylation sites (N-methyl/N-ethyl adjacent to an activating group) is 1. The first-order valence-electron chi connectivity index (χ1n) is 9.27. The molecule has 0 aromatic carbocycles. The van der Waals surface area contributed by atoms with Crippen LogP contribution in [0.4, 0.5) is 0 Å². The molecule has 4 aliphatic rings. The number of carbonyl (C=O) groups is 2. The van der Waals surface area contributed by atoms with Crippen LogP contribution in [-0.4, -0.2) is 97.7 Å². The van der Waals surface area contributed by atoms with Gasteiger partial charge in [0.2, 0.25) is 11.8 Å². The summed E-state index contributed by atoms with van der Waals surface area (Å²) in [6, 6.07) is 0. The number of amides is 2. The Hall–Kier alpha value is -1.44. The number of rotatable bonds is 5. The molecule has 0 aromatic heterocycles. The summed E-state index contributed by atoms with van der Waals surface area (Å²) < 4.78 is 11.6. The number of carbonyl (C=O) groups excluding carboxylic acids is 2. The fourth-order valence-electron chi connectivity index (χ4n) is 4.61. The monoisotopic (exact) mass is 349 g/mol. The molecule has 138 valence electrons. The second kappa shape index (κ2) is 6.37. The first-order valence-corrected chi connectivity index (χ1v) is 9.27.